The second-order valence-electron chi connectivity index (χ2n) is 4.83. The van der Waals surface area contributed by atoms with Crippen LogP contribution in [0.4, 0.5) is 0 Å². The lowest BCUT2D eigenvalue weighted by atomic mass is 9.91. The van der Waals surface area contributed by atoms with Crippen LogP contribution in [-0.4, -0.2) is 13.7 Å². The number of nitriles is 1. The molecule has 0 aromatic heterocycles. The number of nitrogens with two attached hydrogens (primary N) is 1. The van der Waals surface area contributed by atoms with Gasteiger partial charge in [-0.05, 0) is 48.9 Å². The van der Waals surface area contributed by atoms with Crippen molar-refractivity contribution in [2.75, 3.05) is 13.7 Å². The number of rotatable bonds is 5. The zero-order valence-corrected chi connectivity index (χ0v) is 12.6. The summed E-state index contributed by atoms with van der Waals surface area (Å²) in [5.41, 5.74) is 8.73. The van der Waals surface area contributed by atoms with E-state index in [1.165, 1.54) is 0 Å². The lowest BCUT2D eigenvalue weighted by Gasteiger charge is -2.19. The summed E-state index contributed by atoms with van der Waals surface area (Å²) in [5, 5.41) is 9.50. The molecule has 2 rings (SSSR count). The first kappa shape index (κ1) is 15.4. The number of nitrogens with zero attached hydrogens (tertiary/aromatic N) is 1. The molecule has 0 aliphatic rings. The van der Waals surface area contributed by atoms with Crippen molar-refractivity contribution in [2.45, 2.75) is 12.3 Å². The van der Waals surface area contributed by atoms with Gasteiger partial charge in [-0.25, -0.2) is 0 Å². The van der Waals surface area contributed by atoms with E-state index < -0.39 is 0 Å². The van der Waals surface area contributed by atoms with Gasteiger partial charge in [0.05, 0.1) is 18.7 Å². The monoisotopic (exact) mass is 300 g/mol. The topological polar surface area (TPSA) is 59.0 Å². The van der Waals surface area contributed by atoms with Gasteiger partial charge >= 0.3 is 0 Å². The summed E-state index contributed by atoms with van der Waals surface area (Å²) in [7, 11) is 1.64. The van der Waals surface area contributed by atoms with Crippen LogP contribution in [0, 0.1) is 11.3 Å². The van der Waals surface area contributed by atoms with Crippen molar-refractivity contribution < 1.29 is 4.74 Å². The van der Waals surface area contributed by atoms with Crippen molar-refractivity contribution in [1.29, 1.82) is 5.26 Å². The molecule has 3 nitrogen and oxygen atoms in total. The van der Waals surface area contributed by atoms with E-state index in [4.69, 9.17) is 27.3 Å². The highest BCUT2D eigenvalue weighted by Crippen LogP contribution is 2.31. The maximum atomic E-state index is 8.83. The summed E-state index contributed by atoms with van der Waals surface area (Å²) < 4.78 is 5.40. The second-order valence-corrected chi connectivity index (χ2v) is 5.27. The predicted octanol–water partition coefficient (Wildman–Crippen LogP) is 3.51. The highest BCUT2D eigenvalue weighted by atomic mass is 35.5. The molecule has 2 aromatic carbocycles. The zero-order chi connectivity index (χ0) is 15.2. The molecule has 2 N–H and O–H groups in total. The van der Waals surface area contributed by atoms with Crippen LogP contribution >= 0.6 is 11.6 Å². The molecule has 1 atom stereocenters. The van der Waals surface area contributed by atoms with Gasteiger partial charge in [-0.2, -0.15) is 5.26 Å². The maximum absolute atomic E-state index is 8.83. The Morgan fingerprint density at radius 3 is 2.52 bits per heavy atom. The van der Waals surface area contributed by atoms with Crippen molar-refractivity contribution in [3.63, 3.8) is 0 Å². The normalized spacial score (nSPS) is 11.7. The van der Waals surface area contributed by atoms with Crippen molar-refractivity contribution in [1.82, 2.24) is 0 Å². The molecule has 0 amide bonds. The smallest absolute Gasteiger partial charge is 0.122 e. The number of ether oxygens (including phenoxy) is 1. The van der Waals surface area contributed by atoms with E-state index in [9.17, 15) is 0 Å². The minimum Gasteiger partial charge on any atom is -0.496 e. The number of halogens is 1. The molecule has 1 unspecified atom stereocenters. The number of methoxy groups -OCH3 is 1. The van der Waals surface area contributed by atoms with Crippen LogP contribution < -0.4 is 10.5 Å². The van der Waals surface area contributed by atoms with E-state index in [-0.39, 0.29) is 5.92 Å². The SMILES string of the molecule is COc1ccc(Cl)cc1C(CN)Cc1ccc(C#N)cc1. The molecule has 0 heterocycles. The quantitative estimate of drug-likeness (QED) is 0.919. The van der Waals surface area contributed by atoms with Gasteiger partial charge in [-0.15, -0.1) is 0 Å². The third-order valence-corrected chi connectivity index (χ3v) is 3.72. The van der Waals surface area contributed by atoms with E-state index in [1.807, 2.05) is 36.4 Å². The fraction of sp³-hybridized carbons (Fsp3) is 0.235. The van der Waals surface area contributed by atoms with Crippen LogP contribution in [0.3, 0.4) is 0 Å². The molecule has 0 bridgehead atoms. The minimum atomic E-state index is 0.117. The standard InChI is InChI=1S/C17H17ClN2O/c1-21-17-7-6-15(18)9-16(17)14(11-20)8-12-2-4-13(10-19)5-3-12/h2-7,9,14H,8,11,20H2,1H3. The molecule has 0 aliphatic heterocycles. The maximum Gasteiger partial charge on any atom is 0.122 e. The van der Waals surface area contributed by atoms with E-state index in [2.05, 4.69) is 6.07 Å². The van der Waals surface area contributed by atoms with Crippen LogP contribution in [0.2, 0.25) is 5.02 Å². The van der Waals surface area contributed by atoms with Crippen LogP contribution in [-0.2, 0) is 6.42 Å². The molecular formula is C17H17ClN2O. The van der Waals surface area contributed by atoms with Gasteiger partial charge < -0.3 is 10.5 Å². The Labute approximate surface area is 129 Å². The molecule has 0 saturated heterocycles. The van der Waals surface area contributed by atoms with Crippen LogP contribution in [0.15, 0.2) is 42.5 Å². The summed E-state index contributed by atoms with van der Waals surface area (Å²) in [6.45, 7) is 0.497. The van der Waals surface area contributed by atoms with E-state index >= 15 is 0 Å². The largest absolute Gasteiger partial charge is 0.496 e. The lowest BCUT2D eigenvalue weighted by molar-refractivity contribution is 0.405. The molecule has 4 heteroatoms. The van der Waals surface area contributed by atoms with Gasteiger partial charge in [0.25, 0.3) is 0 Å². The first-order valence-electron chi connectivity index (χ1n) is 6.70. The lowest BCUT2D eigenvalue weighted by Crippen LogP contribution is -2.16. The summed E-state index contributed by atoms with van der Waals surface area (Å²) in [4.78, 5) is 0. The Hall–Kier alpha value is -2.02. The number of benzene rings is 2. The van der Waals surface area contributed by atoms with Gasteiger partial charge in [0.1, 0.15) is 5.75 Å². The Morgan fingerprint density at radius 2 is 1.95 bits per heavy atom. The fourth-order valence-corrected chi connectivity index (χ4v) is 2.52. The summed E-state index contributed by atoms with van der Waals surface area (Å²) in [6.07, 6.45) is 0.777. The average molecular weight is 301 g/mol. The molecule has 0 spiro atoms. The molecule has 2 aromatic rings. The van der Waals surface area contributed by atoms with E-state index in [0.717, 1.165) is 23.3 Å². The third-order valence-electron chi connectivity index (χ3n) is 3.48. The molecular weight excluding hydrogens is 284 g/mol. The van der Waals surface area contributed by atoms with Gasteiger partial charge in [0.15, 0.2) is 0 Å². The number of hydrogen-bond acceptors (Lipinski definition) is 3. The highest BCUT2D eigenvalue weighted by Gasteiger charge is 2.16. The van der Waals surface area contributed by atoms with Crippen molar-refractivity contribution in [2.24, 2.45) is 5.73 Å². The Balaban J connectivity index is 2.27. The van der Waals surface area contributed by atoms with Crippen molar-refractivity contribution in [3.8, 4) is 11.8 Å². The Kier molecular flexibility index (Phi) is 5.21. The molecule has 0 saturated carbocycles. The zero-order valence-electron chi connectivity index (χ0n) is 11.8. The minimum absolute atomic E-state index is 0.117. The third kappa shape index (κ3) is 3.75. The van der Waals surface area contributed by atoms with Gasteiger partial charge in [0.2, 0.25) is 0 Å². The average Bonchev–Trinajstić information content (AvgIpc) is 2.53. The van der Waals surface area contributed by atoms with E-state index in [0.29, 0.717) is 17.1 Å². The molecule has 0 radical (unpaired) electrons. The Morgan fingerprint density at radius 1 is 1.24 bits per heavy atom. The first-order chi connectivity index (χ1) is 10.2. The summed E-state index contributed by atoms with van der Waals surface area (Å²) in [6, 6.07) is 15.2. The first-order valence-corrected chi connectivity index (χ1v) is 7.08. The molecule has 0 aliphatic carbocycles. The Bertz CT molecular complexity index is 647. The highest BCUT2D eigenvalue weighted by molar-refractivity contribution is 6.30. The van der Waals surface area contributed by atoms with Crippen LogP contribution in [0.1, 0.15) is 22.6 Å². The molecule has 108 valence electrons. The molecule has 21 heavy (non-hydrogen) atoms. The predicted molar refractivity (Wildman–Crippen MR) is 84.7 cm³/mol. The van der Waals surface area contributed by atoms with E-state index in [1.54, 1.807) is 13.2 Å². The summed E-state index contributed by atoms with van der Waals surface area (Å²) >= 11 is 6.08. The van der Waals surface area contributed by atoms with Gasteiger partial charge in [-0.1, -0.05) is 23.7 Å². The summed E-state index contributed by atoms with van der Waals surface area (Å²) in [5.74, 6) is 0.912. The van der Waals surface area contributed by atoms with Gasteiger partial charge in [-0.3, -0.25) is 0 Å². The van der Waals surface area contributed by atoms with Crippen LogP contribution in [0.5, 0.6) is 5.75 Å². The number of hydrogen-bond donors (Lipinski definition) is 1. The van der Waals surface area contributed by atoms with Crippen molar-refractivity contribution >= 4 is 11.6 Å². The van der Waals surface area contributed by atoms with Crippen molar-refractivity contribution in [3.05, 3.63) is 64.2 Å². The fourth-order valence-electron chi connectivity index (χ4n) is 2.34. The second kappa shape index (κ2) is 7.12. The molecule has 0 fully saturated rings. The van der Waals surface area contributed by atoms with Crippen LogP contribution in [0.25, 0.3) is 0 Å². The van der Waals surface area contributed by atoms with Gasteiger partial charge in [0, 0.05) is 16.5 Å².